The van der Waals surface area contributed by atoms with Gasteiger partial charge < -0.3 is 15.4 Å². The van der Waals surface area contributed by atoms with Crippen LogP contribution in [0.1, 0.15) is 33.4 Å². The second kappa shape index (κ2) is 9.85. The number of carbonyl (C=O) groups is 2. The van der Waals surface area contributed by atoms with Gasteiger partial charge in [-0.1, -0.05) is 0 Å². The molecule has 0 saturated carbocycles. The van der Waals surface area contributed by atoms with Crippen molar-refractivity contribution in [1.29, 1.82) is 0 Å². The molecule has 1 aromatic heterocycles. The summed E-state index contributed by atoms with van der Waals surface area (Å²) in [5.74, 6) is -1.05. The zero-order valence-corrected chi connectivity index (χ0v) is 16.0. The van der Waals surface area contributed by atoms with Crippen LogP contribution in [0.15, 0.2) is 18.3 Å². The second-order valence-corrected chi connectivity index (χ2v) is 6.75. The number of aromatic nitrogens is 1. The molecule has 1 rings (SSSR count). The highest BCUT2D eigenvalue weighted by Crippen LogP contribution is 2.08. The van der Waals surface area contributed by atoms with Gasteiger partial charge >= 0.3 is 6.09 Å². The lowest BCUT2D eigenvalue weighted by molar-refractivity contribution is -0.123. The van der Waals surface area contributed by atoms with E-state index in [0.717, 1.165) is 6.20 Å². The van der Waals surface area contributed by atoms with Crippen molar-refractivity contribution in [1.82, 2.24) is 26.5 Å². The number of alkyl carbamates (subject to hydrolysis) is 1. The van der Waals surface area contributed by atoms with Crippen LogP contribution in [0.5, 0.6) is 0 Å². The molecule has 1 atom stereocenters. The van der Waals surface area contributed by atoms with Gasteiger partial charge in [0.25, 0.3) is 5.91 Å². The van der Waals surface area contributed by atoms with Crippen LogP contribution < -0.4 is 21.5 Å². The minimum atomic E-state index is -1.00. The number of ether oxygens (including phenoxy) is 1. The molecule has 1 heterocycles. The average molecular weight is 385 g/mol. The minimum absolute atomic E-state index is 0.0427. The topological polar surface area (TPSA) is 104 Å². The number of nitrogens with zero attached hydrogens (tertiary/aromatic N) is 1. The number of thiocarbonyl (C=S) groups is 1. The van der Waals surface area contributed by atoms with E-state index in [4.69, 9.17) is 17.0 Å². The normalized spacial score (nSPS) is 11.9. The number of hydrazine groups is 1. The fourth-order valence-corrected chi connectivity index (χ4v) is 2.00. The maximum Gasteiger partial charge on any atom is 0.408 e. The first-order valence-electron chi connectivity index (χ1n) is 8.04. The third-order valence-corrected chi connectivity index (χ3v) is 3.09. The van der Waals surface area contributed by atoms with Crippen molar-refractivity contribution in [3.63, 3.8) is 0 Å². The van der Waals surface area contributed by atoms with Crippen molar-refractivity contribution in [2.75, 3.05) is 6.54 Å². The summed E-state index contributed by atoms with van der Waals surface area (Å²) in [6.45, 7) is 7.56. The Bertz CT molecular complexity index is 634. The number of hydrogen-bond donors (Lipinski definition) is 4. The van der Waals surface area contributed by atoms with Gasteiger partial charge in [0.05, 0.1) is 6.20 Å². The molecule has 0 radical (unpaired) electrons. The molecule has 0 saturated heterocycles. The van der Waals surface area contributed by atoms with Gasteiger partial charge in [-0.2, -0.15) is 0 Å². The Morgan fingerprint density at radius 2 is 2.00 bits per heavy atom. The second-order valence-electron chi connectivity index (χ2n) is 6.34. The molecule has 26 heavy (non-hydrogen) atoms. The van der Waals surface area contributed by atoms with E-state index in [2.05, 4.69) is 26.5 Å². The Labute approximate surface area is 157 Å². The molecule has 10 heteroatoms. The monoisotopic (exact) mass is 385 g/mol. The number of rotatable bonds is 5. The van der Waals surface area contributed by atoms with E-state index in [0.29, 0.717) is 12.2 Å². The predicted molar refractivity (Wildman–Crippen MR) is 98.6 cm³/mol. The molecule has 144 valence electrons. The number of carbonyl (C=O) groups excluding carboxylic acids is 2. The number of pyridine rings is 1. The SMILES string of the molecule is CCNC(=S)NNC(=O)[C@@H](Cc1ccc(F)cn1)NC(=O)OC(C)(C)C. The van der Waals surface area contributed by atoms with Crippen molar-refractivity contribution < 1.29 is 18.7 Å². The van der Waals surface area contributed by atoms with Gasteiger partial charge in [-0.15, -0.1) is 0 Å². The molecule has 2 amide bonds. The number of amides is 2. The molecule has 0 aliphatic carbocycles. The first-order chi connectivity index (χ1) is 12.1. The van der Waals surface area contributed by atoms with E-state index in [1.807, 2.05) is 6.92 Å². The standard InChI is InChI=1S/C16H24FN5O3S/c1-5-18-14(26)22-21-13(23)12(20-15(24)25-16(2,3)4)8-11-7-6-10(17)9-19-11/h6-7,9,12H,5,8H2,1-4H3,(H,20,24)(H,21,23)(H2,18,22,26)/t12-/m1/s1. The van der Waals surface area contributed by atoms with Crippen molar-refractivity contribution in [2.45, 2.75) is 45.8 Å². The first kappa shape index (κ1) is 21.6. The van der Waals surface area contributed by atoms with Crippen molar-refractivity contribution in [2.24, 2.45) is 0 Å². The van der Waals surface area contributed by atoms with Gasteiger partial charge in [-0.25, -0.2) is 9.18 Å². The highest BCUT2D eigenvalue weighted by molar-refractivity contribution is 7.80. The van der Waals surface area contributed by atoms with Gasteiger partial charge in [0.15, 0.2) is 5.11 Å². The molecular formula is C16H24FN5O3S. The van der Waals surface area contributed by atoms with Crippen molar-refractivity contribution >= 4 is 29.3 Å². The smallest absolute Gasteiger partial charge is 0.408 e. The van der Waals surface area contributed by atoms with Gasteiger partial charge in [-0.3, -0.25) is 20.6 Å². The summed E-state index contributed by atoms with van der Waals surface area (Å²) in [4.78, 5) is 28.3. The Hall–Kier alpha value is -2.49. The highest BCUT2D eigenvalue weighted by Gasteiger charge is 2.25. The molecule has 0 spiro atoms. The van der Waals surface area contributed by atoms with Crippen LogP contribution in [-0.2, 0) is 16.0 Å². The van der Waals surface area contributed by atoms with E-state index >= 15 is 0 Å². The van der Waals surface area contributed by atoms with Crippen LogP contribution in [0, 0.1) is 5.82 Å². The van der Waals surface area contributed by atoms with Crippen LogP contribution in [0.2, 0.25) is 0 Å². The van der Waals surface area contributed by atoms with E-state index < -0.39 is 29.5 Å². The fraction of sp³-hybridized carbons (Fsp3) is 0.500. The summed E-state index contributed by atoms with van der Waals surface area (Å²) in [5, 5.41) is 5.52. The third kappa shape index (κ3) is 8.56. The maximum absolute atomic E-state index is 13.0. The number of hydrogen-bond acceptors (Lipinski definition) is 5. The summed E-state index contributed by atoms with van der Waals surface area (Å²) in [7, 11) is 0. The molecular weight excluding hydrogens is 361 g/mol. The van der Waals surface area contributed by atoms with Crippen LogP contribution in [-0.4, -0.2) is 40.3 Å². The molecule has 8 nitrogen and oxygen atoms in total. The van der Waals surface area contributed by atoms with Crippen molar-refractivity contribution in [3.05, 3.63) is 29.8 Å². The van der Waals surface area contributed by atoms with Crippen LogP contribution in [0.3, 0.4) is 0 Å². The average Bonchev–Trinajstić information content (AvgIpc) is 2.52. The molecule has 1 aromatic rings. The molecule has 0 bridgehead atoms. The fourth-order valence-electron chi connectivity index (χ4n) is 1.81. The van der Waals surface area contributed by atoms with Gasteiger partial charge in [0.2, 0.25) is 0 Å². The number of halogens is 1. The lowest BCUT2D eigenvalue weighted by atomic mass is 10.1. The molecule has 4 N–H and O–H groups in total. The summed E-state index contributed by atoms with van der Waals surface area (Å²) in [6, 6.07) is 1.66. The van der Waals surface area contributed by atoms with Gasteiger partial charge in [-0.05, 0) is 52.0 Å². The first-order valence-corrected chi connectivity index (χ1v) is 8.45. The lowest BCUT2D eigenvalue weighted by Crippen LogP contribution is -2.55. The van der Waals surface area contributed by atoms with Gasteiger partial charge in [0.1, 0.15) is 17.5 Å². The predicted octanol–water partition coefficient (Wildman–Crippen LogP) is 1.17. The highest BCUT2D eigenvalue weighted by atomic mass is 32.1. The molecule has 0 unspecified atom stereocenters. The number of nitrogens with one attached hydrogen (secondary N) is 4. The zero-order chi connectivity index (χ0) is 19.7. The summed E-state index contributed by atoms with van der Waals surface area (Å²) < 4.78 is 18.2. The molecule has 0 aromatic carbocycles. The quantitative estimate of drug-likeness (QED) is 0.446. The zero-order valence-electron chi connectivity index (χ0n) is 15.2. The summed E-state index contributed by atoms with van der Waals surface area (Å²) in [5.41, 5.74) is 4.64. The van der Waals surface area contributed by atoms with E-state index in [-0.39, 0.29) is 11.5 Å². The van der Waals surface area contributed by atoms with Gasteiger partial charge in [0, 0.05) is 18.7 Å². The third-order valence-electron chi connectivity index (χ3n) is 2.85. The molecule has 0 aliphatic heterocycles. The molecule has 0 aliphatic rings. The summed E-state index contributed by atoms with van der Waals surface area (Å²) >= 11 is 4.96. The minimum Gasteiger partial charge on any atom is -0.444 e. The Balaban J connectivity index is 2.79. The Kier molecular flexibility index (Phi) is 8.17. The van der Waals surface area contributed by atoms with Crippen LogP contribution >= 0.6 is 12.2 Å². The molecule has 0 fully saturated rings. The summed E-state index contributed by atoms with van der Waals surface area (Å²) in [6.07, 6.45) is 0.325. The van der Waals surface area contributed by atoms with E-state index in [1.165, 1.54) is 12.1 Å². The van der Waals surface area contributed by atoms with Crippen LogP contribution in [0.4, 0.5) is 9.18 Å². The van der Waals surface area contributed by atoms with Crippen LogP contribution in [0.25, 0.3) is 0 Å². The van der Waals surface area contributed by atoms with E-state index in [1.54, 1.807) is 20.8 Å². The van der Waals surface area contributed by atoms with Crippen molar-refractivity contribution in [3.8, 4) is 0 Å². The van der Waals surface area contributed by atoms with E-state index in [9.17, 15) is 14.0 Å². The lowest BCUT2D eigenvalue weighted by Gasteiger charge is -2.23. The Morgan fingerprint density at radius 3 is 2.54 bits per heavy atom. The largest absolute Gasteiger partial charge is 0.444 e. The maximum atomic E-state index is 13.0. The Morgan fingerprint density at radius 1 is 1.31 bits per heavy atom.